The summed E-state index contributed by atoms with van der Waals surface area (Å²) in [6.45, 7) is 8.55. The lowest BCUT2D eigenvalue weighted by Crippen LogP contribution is -2.15. The number of aromatic nitrogens is 1. The maximum absolute atomic E-state index is 12.7. The number of carbonyl (C=O) groups is 1. The first-order valence-corrected chi connectivity index (χ1v) is 10.2. The average molecular weight is 421 g/mol. The largest absolute Gasteiger partial charge is 0.440 e. The molecule has 31 heavy (non-hydrogen) atoms. The van der Waals surface area contributed by atoms with Crippen molar-refractivity contribution in [3.63, 3.8) is 0 Å². The molecule has 0 saturated heterocycles. The highest BCUT2D eigenvalue weighted by atomic mass is 16.6. The van der Waals surface area contributed by atoms with Gasteiger partial charge in [0, 0.05) is 17.7 Å². The molecule has 3 rings (SSSR count). The van der Waals surface area contributed by atoms with E-state index in [0.29, 0.717) is 29.8 Å². The Hall–Kier alpha value is -3.37. The predicted molar refractivity (Wildman–Crippen MR) is 114 cm³/mol. The van der Waals surface area contributed by atoms with E-state index in [0.717, 1.165) is 5.57 Å². The molecule has 2 unspecified atom stereocenters. The topological polar surface area (TPSA) is 93.5 Å². The van der Waals surface area contributed by atoms with Crippen LogP contribution in [0.15, 0.2) is 60.3 Å². The number of nitriles is 1. The summed E-state index contributed by atoms with van der Waals surface area (Å²) < 4.78 is 11.2. The summed E-state index contributed by atoms with van der Waals surface area (Å²) in [7, 11) is 0. The summed E-state index contributed by atoms with van der Waals surface area (Å²) >= 11 is 0. The number of para-hydroxylation sites is 1. The maximum Gasteiger partial charge on any atom is 0.315 e. The van der Waals surface area contributed by atoms with Gasteiger partial charge in [-0.25, -0.2) is 4.98 Å². The molecule has 1 N–H and O–H groups in total. The zero-order valence-corrected chi connectivity index (χ0v) is 18.2. The molecule has 0 amide bonds. The van der Waals surface area contributed by atoms with Crippen LogP contribution >= 0.6 is 0 Å². The molecule has 1 aliphatic carbocycles. The van der Waals surface area contributed by atoms with Crippen LogP contribution in [0.25, 0.3) is 0 Å². The van der Waals surface area contributed by atoms with Crippen molar-refractivity contribution in [2.45, 2.75) is 33.8 Å². The lowest BCUT2D eigenvalue weighted by Gasteiger charge is -2.12. The second kappa shape index (κ2) is 9.63. The van der Waals surface area contributed by atoms with Crippen LogP contribution in [-0.2, 0) is 14.4 Å². The third kappa shape index (κ3) is 5.62. The van der Waals surface area contributed by atoms with E-state index < -0.39 is 18.0 Å². The van der Waals surface area contributed by atoms with Crippen molar-refractivity contribution in [3.8, 4) is 17.7 Å². The maximum atomic E-state index is 12.7. The number of hydrogen-bond donors (Lipinski definition) is 1. The van der Waals surface area contributed by atoms with Crippen LogP contribution < -0.4 is 10.2 Å². The first-order valence-electron chi connectivity index (χ1n) is 10.2. The summed E-state index contributed by atoms with van der Waals surface area (Å²) in [5, 5.41) is 9.58. The van der Waals surface area contributed by atoms with Gasteiger partial charge in [0.2, 0.25) is 12.0 Å². The van der Waals surface area contributed by atoms with Crippen molar-refractivity contribution >= 4 is 5.97 Å². The fraction of sp³-hybridized carbons (Fsp3) is 0.375. The Kier molecular flexibility index (Phi) is 6.93. The molecular formula is C24H27N3O4. The second-order valence-corrected chi connectivity index (χ2v) is 8.34. The molecule has 162 valence electrons. The van der Waals surface area contributed by atoms with Crippen molar-refractivity contribution in [3.05, 3.63) is 66.0 Å². The van der Waals surface area contributed by atoms with Gasteiger partial charge in [0.05, 0.1) is 18.2 Å². The summed E-state index contributed by atoms with van der Waals surface area (Å²) in [4.78, 5) is 22.4. The molecule has 1 saturated carbocycles. The molecule has 0 bridgehead atoms. The lowest BCUT2D eigenvalue weighted by atomic mass is 10.1. The van der Waals surface area contributed by atoms with Crippen LogP contribution in [0.5, 0.6) is 11.6 Å². The summed E-state index contributed by atoms with van der Waals surface area (Å²) in [5.41, 5.74) is 3.60. The first kappa shape index (κ1) is 22.3. The van der Waals surface area contributed by atoms with Crippen LogP contribution in [0.1, 0.15) is 39.5 Å². The number of hydroxylamine groups is 1. The third-order valence-electron chi connectivity index (χ3n) is 4.97. The molecular weight excluding hydrogens is 394 g/mol. The van der Waals surface area contributed by atoms with Gasteiger partial charge in [-0.3, -0.25) is 15.1 Å². The number of esters is 1. The number of hydrogen-bond acceptors (Lipinski definition) is 7. The highest BCUT2D eigenvalue weighted by Crippen LogP contribution is 2.58. The molecule has 0 aliphatic heterocycles. The van der Waals surface area contributed by atoms with E-state index in [4.69, 9.17) is 14.3 Å². The summed E-state index contributed by atoms with van der Waals surface area (Å²) in [5.74, 6) is 0.425. The smallest absolute Gasteiger partial charge is 0.315 e. The molecule has 7 nitrogen and oxygen atoms in total. The number of pyridine rings is 1. The van der Waals surface area contributed by atoms with Crippen LogP contribution in [-0.4, -0.2) is 17.6 Å². The molecule has 2 atom stereocenters. The van der Waals surface area contributed by atoms with Gasteiger partial charge in [0.1, 0.15) is 11.8 Å². The first-order chi connectivity index (χ1) is 14.8. The van der Waals surface area contributed by atoms with Gasteiger partial charge in [-0.15, -0.1) is 0 Å². The number of rotatable bonds is 9. The van der Waals surface area contributed by atoms with Crippen LogP contribution in [0.3, 0.4) is 0 Å². The summed E-state index contributed by atoms with van der Waals surface area (Å²) in [6.07, 6.45) is 0.567. The Balaban J connectivity index is 1.64. The Morgan fingerprint density at radius 3 is 2.65 bits per heavy atom. The number of nitrogens with zero attached hydrogens (tertiary/aromatic N) is 2. The van der Waals surface area contributed by atoms with Crippen LogP contribution in [0, 0.1) is 28.6 Å². The van der Waals surface area contributed by atoms with E-state index in [1.165, 1.54) is 0 Å². The fourth-order valence-corrected chi connectivity index (χ4v) is 3.17. The van der Waals surface area contributed by atoms with Gasteiger partial charge >= 0.3 is 5.97 Å². The molecule has 0 radical (unpaired) electrons. The molecule has 1 fully saturated rings. The van der Waals surface area contributed by atoms with Gasteiger partial charge in [0.25, 0.3) is 0 Å². The minimum atomic E-state index is -1.13. The number of benzene rings is 1. The zero-order chi connectivity index (χ0) is 22.4. The van der Waals surface area contributed by atoms with Gasteiger partial charge in [-0.1, -0.05) is 52.0 Å². The molecule has 0 spiro atoms. The standard InChI is InChI=1S/C24H27N3O4/c1-16(2)15-29-26-14-18-22(24(18,3)4)23(28)31-20(13-25)19-11-8-12-21(27-19)30-17-9-6-5-7-10-17/h5-12,14,16,20,22,26H,15H2,1-4H3. The van der Waals surface area contributed by atoms with E-state index in [-0.39, 0.29) is 5.41 Å². The zero-order valence-electron chi connectivity index (χ0n) is 18.2. The second-order valence-electron chi connectivity index (χ2n) is 8.34. The predicted octanol–water partition coefficient (Wildman–Crippen LogP) is 4.70. The monoisotopic (exact) mass is 421 g/mol. The number of ether oxygens (including phenoxy) is 2. The van der Waals surface area contributed by atoms with Crippen molar-refractivity contribution in [1.29, 1.82) is 5.26 Å². The Labute approximate surface area is 182 Å². The normalized spacial score (nSPS) is 18.8. The number of carbonyl (C=O) groups excluding carboxylic acids is 1. The Morgan fingerprint density at radius 2 is 1.97 bits per heavy atom. The van der Waals surface area contributed by atoms with Crippen molar-refractivity contribution < 1.29 is 19.1 Å². The highest BCUT2D eigenvalue weighted by Gasteiger charge is 2.58. The van der Waals surface area contributed by atoms with E-state index in [1.54, 1.807) is 36.5 Å². The lowest BCUT2D eigenvalue weighted by molar-refractivity contribution is -0.149. The highest BCUT2D eigenvalue weighted by molar-refractivity contribution is 5.84. The van der Waals surface area contributed by atoms with Crippen LogP contribution in [0.4, 0.5) is 0 Å². The fourth-order valence-electron chi connectivity index (χ4n) is 3.17. The SMILES string of the molecule is CC(C)CONC=C1C(C(=O)OC(C#N)c2cccc(Oc3ccccc3)n2)C1(C)C. The molecule has 1 aliphatic rings. The van der Waals surface area contributed by atoms with Gasteiger partial charge < -0.3 is 9.47 Å². The molecule has 1 heterocycles. The van der Waals surface area contributed by atoms with Crippen molar-refractivity contribution in [1.82, 2.24) is 10.5 Å². The van der Waals surface area contributed by atoms with Gasteiger partial charge in [-0.05, 0) is 29.7 Å². The quantitative estimate of drug-likeness (QED) is 0.356. The Bertz CT molecular complexity index is 980. The molecule has 1 aromatic carbocycles. The van der Waals surface area contributed by atoms with E-state index in [9.17, 15) is 10.1 Å². The average Bonchev–Trinajstić information content (AvgIpc) is 3.30. The minimum Gasteiger partial charge on any atom is -0.440 e. The molecule has 1 aromatic heterocycles. The molecule has 2 aromatic rings. The Morgan fingerprint density at radius 1 is 1.23 bits per heavy atom. The van der Waals surface area contributed by atoms with E-state index in [1.807, 2.05) is 52.0 Å². The van der Waals surface area contributed by atoms with Gasteiger partial charge in [-0.2, -0.15) is 5.26 Å². The molecule has 7 heteroatoms. The van der Waals surface area contributed by atoms with Crippen molar-refractivity contribution in [2.75, 3.05) is 6.61 Å². The van der Waals surface area contributed by atoms with E-state index >= 15 is 0 Å². The van der Waals surface area contributed by atoms with Crippen LogP contribution in [0.2, 0.25) is 0 Å². The number of nitrogens with one attached hydrogen (secondary N) is 1. The third-order valence-corrected chi connectivity index (χ3v) is 4.97. The van der Waals surface area contributed by atoms with Gasteiger partial charge in [0.15, 0.2) is 0 Å². The minimum absolute atomic E-state index is 0.312. The van der Waals surface area contributed by atoms with Crippen molar-refractivity contribution in [2.24, 2.45) is 17.3 Å². The van der Waals surface area contributed by atoms with E-state index in [2.05, 4.69) is 10.5 Å². The summed E-state index contributed by atoms with van der Waals surface area (Å²) in [6, 6.07) is 16.2.